The molecule has 3 nitrogen and oxygen atoms in total. The summed E-state index contributed by atoms with van der Waals surface area (Å²) in [6.07, 6.45) is 0. The van der Waals surface area contributed by atoms with Crippen LogP contribution in [0.2, 0.25) is 5.02 Å². The number of halogens is 1. The topological polar surface area (TPSA) is 55.1 Å². The Morgan fingerprint density at radius 3 is 2.40 bits per heavy atom. The van der Waals surface area contributed by atoms with Crippen molar-refractivity contribution < 1.29 is 4.79 Å². The number of hydrogen-bond acceptors (Lipinski definition) is 2. The first-order valence-electron chi connectivity index (χ1n) is 4.47. The molecule has 1 rings (SSSR count). The van der Waals surface area contributed by atoms with E-state index in [-0.39, 0.29) is 0 Å². The molecule has 1 unspecified atom stereocenters. The van der Waals surface area contributed by atoms with Gasteiger partial charge in [-0.2, -0.15) is 0 Å². The zero-order valence-electron chi connectivity index (χ0n) is 8.46. The van der Waals surface area contributed by atoms with Crippen molar-refractivity contribution in [3.8, 4) is 0 Å². The van der Waals surface area contributed by atoms with Gasteiger partial charge in [0, 0.05) is 10.7 Å². The Hall–Kier alpha value is -1.48. The van der Waals surface area contributed by atoms with E-state index in [1.807, 2.05) is 0 Å². The monoisotopic (exact) mass is 224 g/mol. The van der Waals surface area contributed by atoms with Gasteiger partial charge in [-0.1, -0.05) is 18.2 Å². The first-order valence-corrected chi connectivity index (χ1v) is 4.85. The molecule has 1 atom stereocenters. The van der Waals surface area contributed by atoms with E-state index >= 15 is 0 Å². The molecule has 1 aromatic carbocycles. The lowest BCUT2D eigenvalue weighted by Crippen LogP contribution is -2.36. The van der Waals surface area contributed by atoms with Crippen LogP contribution in [0, 0.1) is 0 Å². The molecule has 1 amide bonds. The van der Waals surface area contributed by atoms with Gasteiger partial charge in [0.25, 0.3) is 0 Å². The number of anilines is 1. The summed E-state index contributed by atoms with van der Waals surface area (Å²) >= 11 is 5.74. The second-order valence-corrected chi connectivity index (χ2v) is 3.77. The van der Waals surface area contributed by atoms with E-state index in [1.54, 1.807) is 31.2 Å². The number of benzene rings is 1. The lowest BCUT2D eigenvalue weighted by Gasteiger charge is -2.16. The number of carbonyl (C=O) groups is 1. The fourth-order valence-electron chi connectivity index (χ4n) is 1.15. The number of nitrogens with one attached hydrogen (secondary N) is 1. The highest BCUT2D eigenvalue weighted by atomic mass is 35.5. The molecule has 0 bridgehead atoms. The lowest BCUT2D eigenvalue weighted by molar-refractivity contribution is -0.118. The summed E-state index contributed by atoms with van der Waals surface area (Å²) in [6.45, 7) is 5.45. The third kappa shape index (κ3) is 3.29. The van der Waals surface area contributed by atoms with Gasteiger partial charge in [0.2, 0.25) is 5.91 Å². The molecule has 0 spiro atoms. The number of carbonyl (C=O) groups excluding carboxylic acids is 1. The number of rotatable bonds is 4. The highest BCUT2D eigenvalue weighted by Crippen LogP contribution is 2.15. The summed E-state index contributed by atoms with van der Waals surface area (Å²) in [6, 6.07) is 6.48. The normalized spacial score (nSPS) is 11.9. The van der Waals surface area contributed by atoms with Crippen LogP contribution in [-0.4, -0.2) is 11.9 Å². The summed E-state index contributed by atoms with van der Waals surface area (Å²) < 4.78 is 0. The van der Waals surface area contributed by atoms with Crippen LogP contribution < -0.4 is 11.1 Å². The van der Waals surface area contributed by atoms with Crippen LogP contribution >= 0.6 is 11.6 Å². The number of primary amides is 1. The zero-order valence-corrected chi connectivity index (χ0v) is 9.21. The molecule has 1 aromatic rings. The van der Waals surface area contributed by atoms with Crippen LogP contribution in [0.3, 0.4) is 0 Å². The first-order chi connectivity index (χ1) is 7.00. The van der Waals surface area contributed by atoms with Crippen molar-refractivity contribution in [2.24, 2.45) is 5.73 Å². The Labute approximate surface area is 93.9 Å². The zero-order chi connectivity index (χ0) is 11.4. The Kier molecular flexibility index (Phi) is 3.74. The maximum absolute atomic E-state index is 11.1. The van der Waals surface area contributed by atoms with Crippen LogP contribution in [0.15, 0.2) is 36.4 Å². The molecule has 15 heavy (non-hydrogen) atoms. The van der Waals surface area contributed by atoms with Crippen molar-refractivity contribution in [1.82, 2.24) is 0 Å². The van der Waals surface area contributed by atoms with Gasteiger partial charge in [-0.3, -0.25) is 4.79 Å². The predicted molar refractivity (Wildman–Crippen MR) is 62.9 cm³/mol. The largest absolute Gasteiger partial charge is 0.370 e. The maximum atomic E-state index is 11.1. The molecule has 0 aromatic heterocycles. The molecule has 4 heteroatoms. The molecule has 0 saturated heterocycles. The van der Waals surface area contributed by atoms with Gasteiger partial charge in [-0.25, -0.2) is 0 Å². The SMILES string of the molecule is C=C(C)C(Nc1ccc(Cl)cc1)C(N)=O. The van der Waals surface area contributed by atoms with Gasteiger partial charge >= 0.3 is 0 Å². The van der Waals surface area contributed by atoms with Crippen molar-refractivity contribution in [2.75, 3.05) is 5.32 Å². The average Bonchev–Trinajstić information content (AvgIpc) is 2.15. The molecule has 80 valence electrons. The fourth-order valence-corrected chi connectivity index (χ4v) is 1.28. The van der Waals surface area contributed by atoms with Crippen molar-refractivity contribution in [3.05, 3.63) is 41.4 Å². The second kappa shape index (κ2) is 4.84. The van der Waals surface area contributed by atoms with Crippen molar-refractivity contribution in [1.29, 1.82) is 0 Å². The Morgan fingerprint density at radius 2 is 2.00 bits per heavy atom. The lowest BCUT2D eigenvalue weighted by atomic mass is 10.1. The van der Waals surface area contributed by atoms with E-state index in [9.17, 15) is 4.79 Å². The molecule has 0 aliphatic heterocycles. The minimum atomic E-state index is -0.550. The van der Waals surface area contributed by atoms with Crippen LogP contribution in [-0.2, 0) is 4.79 Å². The Bertz CT molecular complexity index is 359. The number of nitrogens with two attached hydrogens (primary N) is 1. The average molecular weight is 225 g/mol. The summed E-state index contributed by atoms with van der Waals surface area (Å²) in [5.41, 5.74) is 6.69. The summed E-state index contributed by atoms with van der Waals surface area (Å²) in [5, 5.41) is 3.62. The van der Waals surface area contributed by atoms with E-state index < -0.39 is 11.9 Å². The molecule has 0 aliphatic rings. The Balaban J connectivity index is 2.79. The van der Waals surface area contributed by atoms with Crippen LogP contribution in [0.5, 0.6) is 0 Å². The van der Waals surface area contributed by atoms with Gasteiger partial charge in [-0.15, -0.1) is 0 Å². The minimum Gasteiger partial charge on any atom is -0.370 e. The molecule has 3 N–H and O–H groups in total. The van der Waals surface area contributed by atoms with E-state index in [1.165, 1.54) is 0 Å². The molecule has 0 heterocycles. The fraction of sp³-hybridized carbons (Fsp3) is 0.182. The summed E-state index contributed by atoms with van der Waals surface area (Å²) in [5.74, 6) is -0.447. The Morgan fingerprint density at radius 1 is 1.47 bits per heavy atom. The van der Waals surface area contributed by atoms with Crippen LogP contribution in [0.1, 0.15) is 6.92 Å². The van der Waals surface area contributed by atoms with Gasteiger partial charge in [0.15, 0.2) is 0 Å². The molecular weight excluding hydrogens is 212 g/mol. The highest BCUT2D eigenvalue weighted by molar-refractivity contribution is 6.30. The molecule has 0 radical (unpaired) electrons. The van der Waals surface area contributed by atoms with E-state index in [0.29, 0.717) is 10.6 Å². The van der Waals surface area contributed by atoms with Gasteiger partial charge < -0.3 is 11.1 Å². The predicted octanol–water partition coefficient (Wildman–Crippen LogP) is 2.18. The summed E-state index contributed by atoms with van der Waals surface area (Å²) in [4.78, 5) is 11.1. The molecule has 0 fully saturated rings. The number of hydrogen-bond donors (Lipinski definition) is 2. The molecule has 0 saturated carbocycles. The third-order valence-electron chi connectivity index (χ3n) is 1.93. The standard InChI is InChI=1S/C11H13ClN2O/c1-7(2)10(11(13)15)14-9-5-3-8(12)4-6-9/h3-6,10,14H,1H2,2H3,(H2,13,15). The number of amides is 1. The van der Waals surface area contributed by atoms with E-state index in [4.69, 9.17) is 17.3 Å². The summed E-state index contributed by atoms with van der Waals surface area (Å²) in [7, 11) is 0. The molecular formula is C11H13ClN2O. The van der Waals surface area contributed by atoms with Crippen LogP contribution in [0.25, 0.3) is 0 Å². The molecule has 0 aliphatic carbocycles. The van der Waals surface area contributed by atoms with Gasteiger partial charge in [-0.05, 0) is 36.8 Å². The second-order valence-electron chi connectivity index (χ2n) is 3.33. The maximum Gasteiger partial charge on any atom is 0.244 e. The van der Waals surface area contributed by atoms with E-state index in [2.05, 4.69) is 11.9 Å². The van der Waals surface area contributed by atoms with Gasteiger partial charge in [0.1, 0.15) is 6.04 Å². The van der Waals surface area contributed by atoms with Crippen molar-refractivity contribution >= 4 is 23.2 Å². The minimum absolute atomic E-state index is 0.447. The third-order valence-corrected chi connectivity index (χ3v) is 2.18. The van der Waals surface area contributed by atoms with Crippen LogP contribution in [0.4, 0.5) is 5.69 Å². The van der Waals surface area contributed by atoms with Crippen molar-refractivity contribution in [2.45, 2.75) is 13.0 Å². The smallest absolute Gasteiger partial charge is 0.244 e. The van der Waals surface area contributed by atoms with Gasteiger partial charge in [0.05, 0.1) is 0 Å². The highest BCUT2D eigenvalue weighted by Gasteiger charge is 2.15. The van der Waals surface area contributed by atoms with E-state index in [0.717, 1.165) is 5.69 Å². The quantitative estimate of drug-likeness (QED) is 0.771. The van der Waals surface area contributed by atoms with Crippen molar-refractivity contribution in [3.63, 3.8) is 0 Å². The first kappa shape index (κ1) is 11.6.